The number of nitrogens with zero attached hydrogens (tertiary/aromatic N) is 1. The van der Waals surface area contributed by atoms with Gasteiger partial charge < -0.3 is 10.6 Å². The molecule has 2 amide bonds. The monoisotopic (exact) mass is 461 g/mol. The van der Waals surface area contributed by atoms with Crippen molar-refractivity contribution in [2.24, 2.45) is 5.92 Å². The van der Waals surface area contributed by atoms with Crippen LogP contribution in [-0.2, 0) is 11.3 Å². The first-order chi connectivity index (χ1) is 14.8. The van der Waals surface area contributed by atoms with Gasteiger partial charge in [-0.15, -0.1) is 0 Å². The summed E-state index contributed by atoms with van der Waals surface area (Å²) >= 11 is 12.1. The highest BCUT2D eigenvalue weighted by Gasteiger charge is 2.24. The van der Waals surface area contributed by atoms with Gasteiger partial charge in [0.1, 0.15) is 6.04 Å². The van der Waals surface area contributed by atoms with Crippen molar-refractivity contribution < 1.29 is 9.59 Å². The van der Waals surface area contributed by atoms with E-state index in [0.29, 0.717) is 22.7 Å². The highest BCUT2D eigenvalue weighted by molar-refractivity contribution is 6.36. The molecule has 31 heavy (non-hydrogen) atoms. The Bertz CT molecular complexity index is 910. The maximum absolute atomic E-state index is 12.9. The third-order valence-electron chi connectivity index (χ3n) is 5.33. The molecule has 0 aliphatic carbocycles. The van der Waals surface area contributed by atoms with Crippen molar-refractivity contribution in [3.8, 4) is 0 Å². The number of anilines is 1. The Labute approximate surface area is 194 Å². The van der Waals surface area contributed by atoms with Crippen molar-refractivity contribution in [1.29, 1.82) is 0 Å². The third-order valence-corrected chi connectivity index (χ3v) is 5.88. The summed E-state index contributed by atoms with van der Waals surface area (Å²) < 4.78 is 0. The zero-order valence-electron chi connectivity index (χ0n) is 18.0. The fraction of sp³-hybridized carbons (Fsp3) is 0.417. The van der Waals surface area contributed by atoms with E-state index in [1.807, 2.05) is 38.1 Å². The Morgan fingerprint density at radius 1 is 1.03 bits per heavy atom. The number of carbonyl (C=O) groups excluding carboxylic acids is 2. The molecule has 1 aliphatic rings. The van der Waals surface area contributed by atoms with Crippen molar-refractivity contribution in [3.63, 3.8) is 0 Å². The lowest BCUT2D eigenvalue weighted by molar-refractivity contribution is -0.118. The smallest absolute Gasteiger partial charge is 0.253 e. The van der Waals surface area contributed by atoms with Gasteiger partial charge in [-0.3, -0.25) is 14.5 Å². The van der Waals surface area contributed by atoms with Crippen molar-refractivity contribution >= 4 is 40.7 Å². The molecule has 2 aromatic rings. The van der Waals surface area contributed by atoms with Crippen LogP contribution in [0.4, 0.5) is 5.69 Å². The minimum absolute atomic E-state index is 0.222. The number of amides is 2. The third kappa shape index (κ3) is 6.96. The Morgan fingerprint density at radius 3 is 2.32 bits per heavy atom. The second kappa shape index (κ2) is 11.0. The molecule has 1 atom stereocenters. The Hall–Kier alpha value is -2.08. The second-order valence-corrected chi connectivity index (χ2v) is 9.29. The van der Waals surface area contributed by atoms with Crippen molar-refractivity contribution in [3.05, 3.63) is 63.6 Å². The molecule has 2 N–H and O–H groups in total. The van der Waals surface area contributed by atoms with Gasteiger partial charge in [-0.1, -0.05) is 49.2 Å². The van der Waals surface area contributed by atoms with Gasteiger partial charge in [0.05, 0.1) is 10.6 Å². The molecule has 5 nitrogen and oxygen atoms in total. The van der Waals surface area contributed by atoms with Crippen molar-refractivity contribution in [1.82, 2.24) is 10.2 Å². The molecule has 0 aromatic heterocycles. The van der Waals surface area contributed by atoms with Crippen LogP contribution in [0.25, 0.3) is 0 Å². The summed E-state index contributed by atoms with van der Waals surface area (Å²) in [5.41, 5.74) is 2.23. The fourth-order valence-corrected chi connectivity index (χ4v) is 4.23. The van der Waals surface area contributed by atoms with E-state index in [4.69, 9.17) is 23.2 Å². The predicted molar refractivity (Wildman–Crippen MR) is 127 cm³/mol. The first-order valence-electron chi connectivity index (χ1n) is 10.7. The summed E-state index contributed by atoms with van der Waals surface area (Å²) in [4.78, 5) is 28.1. The molecule has 1 heterocycles. The fourth-order valence-electron chi connectivity index (χ4n) is 3.73. The van der Waals surface area contributed by atoms with Gasteiger partial charge in [-0.2, -0.15) is 0 Å². The number of rotatable bonds is 8. The largest absolute Gasteiger partial charge is 0.340 e. The van der Waals surface area contributed by atoms with Gasteiger partial charge in [-0.05, 0) is 74.2 Å². The minimum atomic E-state index is -0.677. The van der Waals surface area contributed by atoms with E-state index in [9.17, 15) is 9.59 Å². The van der Waals surface area contributed by atoms with Gasteiger partial charge in [0.15, 0.2) is 0 Å². The summed E-state index contributed by atoms with van der Waals surface area (Å²) in [5.74, 6) is -0.428. The molecule has 7 heteroatoms. The lowest BCUT2D eigenvalue weighted by Gasteiger charge is -2.21. The molecular weight excluding hydrogens is 433 g/mol. The molecule has 3 rings (SSSR count). The topological polar surface area (TPSA) is 61.4 Å². The number of hydrogen-bond acceptors (Lipinski definition) is 3. The van der Waals surface area contributed by atoms with Gasteiger partial charge >= 0.3 is 0 Å². The molecule has 0 spiro atoms. The maximum atomic E-state index is 12.9. The molecule has 2 aromatic carbocycles. The van der Waals surface area contributed by atoms with Gasteiger partial charge in [0, 0.05) is 17.3 Å². The molecule has 166 valence electrons. The molecule has 0 radical (unpaired) electrons. The van der Waals surface area contributed by atoms with Crippen LogP contribution in [0, 0.1) is 5.92 Å². The first-order valence-corrected chi connectivity index (χ1v) is 11.5. The van der Waals surface area contributed by atoms with E-state index < -0.39 is 11.9 Å². The summed E-state index contributed by atoms with van der Waals surface area (Å²) in [6, 6.07) is 11.9. The van der Waals surface area contributed by atoms with Crippen LogP contribution in [-0.4, -0.2) is 35.8 Å². The normalized spacial score (nSPS) is 15.1. The standard InChI is InChI=1S/C24H29Cl2N3O2/c1-16(2)13-22(28-23(30)20-10-7-18(25)14-21(20)26)24(31)27-19-8-5-17(6-9-19)15-29-11-3-4-12-29/h5-10,14,16,22H,3-4,11-13,15H2,1-2H3,(H,27,31)(H,28,30)/t22-/m0/s1. The van der Waals surface area contributed by atoms with E-state index in [1.54, 1.807) is 12.1 Å². The highest BCUT2D eigenvalue weighted by Crippen LogP contribution is 2.21. The van der Waals surface area contributed by atoms with Crippen molar-refractivity contribution in [2.45, 2.75) is 45.7 Å². The van der Waals surface area contributed by atoms with Gasteiger partial charge in [0.25, 0.3) is 5.91 Å². The van der Waals surface area contributed by atoms with E-state index in [2.05, 4.69) is 15.5 Å². The van der Waals surface area contributed by atoms with E-state index >= 15 is 0 Å². The number of nitrogens with one attached hydrogen (secondary N) is 2. The minimum Gasteiger partial charge on any atom is -0.340 e. The van der Waals surface area contributed by atoms with E-state index in [1.165, 1.54) is 24.5 Å². The summed E-state index contributed by atoms with van der Waals surface area (Å²) in [7, 11) is 0. The summed E-state index contributed by atoms with van der Waals surface area (Å²) in [6.07, 6.45) is 3.03. The number of likely N-dealkylation sites (tertiary alicyclic amines) is 1. The van der Waals surface area contributed by atoms with E-state index in [0.717, 1.165) is 19.6 Å². The molecule has 0 bridgehead atoms. The van der Waals surface area contributed by atoms with Crippen LogP contribution in [0.15, 0.2) is 42.5 Å². The Morgan fingerprint density at radius 2 is 1.71 bits per heavy atom. The quantitative estimate of drug-likeness (QED) is 0.554. The molecular formula is C24H29Cl2N3O2. The predicted octanol–water partition coefficient (Wildman–Crippen LogP) is 5.37. The SMILES string of the molecule is CC(C)C[C@H](NC(=O)c1ccc(Cl)cc1Cl)C(=O)Nc1ccc(CN2CCCC2)cc1. The Kier molecular flexibility index (Phi) is 8.35. The van der Waals surface area contributed by atoms with Crippen LogP contribution in [0.5, 0.6) is 0 Å². The zero-order chi connectivity index (χ0) is 22.4. The second-order valence-electron chi connectivity index (χ2n) is 8.45. The molecule has 1 aliphatic heterocycles. The Balaban J connectivity index is 1.64. The average Bonchev–Trinajstić information content (AvgIpc) is 3.21. The lowest BCUT2D eigenvalue weighted by atomic mass is 10.0. The van der Waals surface area contributed by atoms with Crippen molar-refractivity contribution in [2.75, 3.05) is 18.4 Å². The van der Waals surface area contributed by atoms with Crippen LogP contribution in [0.3, 0.4) is 0 Å². The molecule has 0 saturated carbocycles. The number of benzene rings is 2. The average molecular weight is 462 g/mol. The molecule has 1 saturated heterocycles. The van der Waals surface area contributed by atoms with Crippen LogP contribution in [0.1, 0.15) is 49.0 Å². The zero-order valence-corrected chi connectivity index (χ0v) is 19.5. The van der Waals surface area contributed by atoms with Crippen LogP contribution in [0.2, 0.25) is 10.0 Å². The lowest BCUT2D eigenvalue weighted by Crippen LogP contribution is -2.44. The number of hydrogen-bond donors (Lipinski definition) is 2. The highest BCUT2D eigenvalue weighted by atomic mass is 35.5. The summed E-state index contributed by atoms with van der Waals surface area (Å²) in [6.45, 7) is 7.24. The summed E-state index contributed by atoms with van der Waals surface area (Å²) in [5, 5.41) is 6.45. The van der Waals surface area contributed by atoms with Crippen LogP contribution < -0.4 is 10.6 Å². The maximum Gasteiger partial charge on any atom is 0.253 e. The first kappa shape index (κ1) is 23.6. The van der Waals surface area contributed by atoms with Gasteiger partial charge in [-0.25, -0.2) is 0 Å². The molecule has 1 fully saturated rings. The van der Waals surface area contributed by atoms with Gasteiger partial charge in [0.2, 0.25) is 5.91 Å². The number of halogens is 2. The van der Waals surface area contributed by atoms with Crippen LogP contribution >= 0.6 is 23.2 Å². The number of carbonyl (C=O) groups is 2. The molecule has 0 unspecified atom stereocenters. The van der Waals surface area contributed by atoms with E-state index in [-0.39, 0.29) is 16.8 Å².